The summed E-state index contributed by atoms with van der Waals surface area (Å²) in [5.41, 5.74) is 10.6. The van der Waals surface area contributed by atoms with E-state index >= 15 is 0 Å². The zero-order valence-electron chi connectivity index (χ0n) is 11.9. The molecule has 2 aromatic heterocycles. The molecule has 0 fully saturated rings. The van der Waals surface area contributed by atoms with E-state index in [-0.39, 0.29) is 6.04 Å². The molecule has 0 radical (unpaired) electrons. The number of aryl methyl sites for hydroxylation is 1. The lowest BCUT2D eigenvalue weighted by Gasteiger charge is -2.29. The molecule has 0 bridgehead atoms. The van der Waals surface area contributed by atoms with Crippen LogP contribution in [0.2, 0.25) is 0 Å². The van der Waals surface area contributed by atoms with E-state index in [1.54, 1.807) is 11.3 Å². The smallest absolute Gasteiger partial charge is 0.193 e. The first-order valence-electron chi connectivity index (χ1n) is 7.53. The van der Waals surface area contributed by atoms with Gasteiger partial charge in [0.15, 0.2) is 4.96 Å². The number of imidazole rings is 1. The molecule has 0 saturated heterocycles. The van der Waals surface area contributed by atoms with Crippen molar-refractivity contribution < 1.29 is 0 Å². The molecule has 108 valence electrons. The Bertz CT molecular complexity index is 730. The molecular weight excluding hydrogens is 278 g/mol. The molecule has 0 saturated carbocycles. The molecule has 1 aliphatic rings. The van der Waals surface area contributed by atoms with Gasteiger partial charge in [-0.15, -0.1) is 11.3 Å². The highest BCUT2D eigenvalue weighted by Crippen LogP contribution is 2.28. The lowest BCUT2D eigenvalue weighted by Crippen LogP contribution is -2.36. The molecule has 0 spiro atoms. The summed E-state index contributed by atoms with van der Waals surface area (Å²) in [7, 11) is 0. The van der Waals surface area contributed by atoms with Gasteiger partial charge in [-0.1, -0.05) is 24.3 Å². The van der Waals surface area contributed by atoms with Crippen molar-refractivity contribution in [3.8, 4) is 0 Å². The fourth-order valence-corrected chi connectivity index (χ4v) is 4.09. The highest BCUT2D eigenvalue weighted by Gasteiger charge is 2.24. The first-order chi connectivity index (χ1) is 10.3. The van der Waals surface area contributed by atoms with Gasteiger partial charge in [-0.3, -0.25) is 4.40 Å². The molecule has 4 heteroatoms. The molecule has 0 amide bonds. The van der Waals surface area contributed by atoms with Gasteiger partial charge in [0.05, 0.1) is 5.69 Å². The average Bonchev–Trinajstić information content (AvgIpc) is 3.08. The van der Waals surface area contributed by atoms with Gasteiger partial charge in [-0.2, -0.15) is 0 Å². The van der Waals surface area contributed by atoms with Crippen LogP contribution in [0, 0.1) is 5.92 Å². The number of aromatic nitrogens is 2. The third-order valence-corrected chi connectivity index (χ3v) is 5.35. The molecule has 2 atom stereocenters. The van der Waals surface area contributed by atoms with Crippen molar-refractivity contribution in [1.29, 1.82) is 0 Å². The maximum atomic E-state index is 6.48. The van der Waals surface area contributed by atoms with Gasteiger partial charge in [-0.05, 0) is 36.3 Å². The number of rotatable bonds is 3. The van der Waals surface area contributed by atoms with Crippen LogP contribution in [0.3, 0.4) is 0 Å². The van der Waals surface area contributed by atoms with Crippen molar-refractivity contribution in [3.63, 3.8) is 0 Å². The zero-order valence-corrected chi connectivity index (χ0v) is 12.7. The summed E-state index contributed by atoms with van der Waals surface area (Å²) < 4.78 is 2.09. The molecule has 21 heavy (non-hydrogen) atoms. The van der Waals surface area contributed by atoms with E-state index in [2.05, 4.69) is 51.4 Å². The maximum Gasteiger partial charge on any atom is 0.193 e. The second-order valence-electron chi connectivity index (χ2n) is 5.96. The van der Waals surface area contributed by atoms with Gasteiger partial charge in [0, 0.05) is 30.2 Å². The van der Waals surface area contributed by atoms with Crippen molar-refractivity contribution in [2.45, 2.75) is 31.7 Å². The van der Waals surface area contributed by atoms with Crippen molar-refractivity contribution in [3.05, 3.63) is 58.9 Å². The maximum absolute atomic E-state index is 6.48. The molecule has 2 heterocycles. The van der Waals surface area contributed by atoms with E-state index in [9.17, 15) is 0 Å². The molecule has 1 aromatic carbocycles. The van der Waals surface area contributed by atoms with Gasteiger partial charge >= 0.3 is 0 Å². The van der Waals surface area contributed by atoms with Crippen LogP contribution in [-0.4, -0.2) is 15.4 Å². The molecule has 3 nitrogen and oxygen atoms in total. The van der Waals surface area contributed by atoms with Crippen LogP contribution >= 0.6 is 11.3 Å². The van der Waals surface area contributed by atoms with Gasteiger partial charge in [0.1, 0.15) is 0 Å². The second-order valence-corrected chi connectivity index (χ2v) is 6.84. The van der Waals surface area contributed by atoms with Crippen molar-refractivity contribution in [1.82, 2.24) is 9.38 Å². The average molecular weight is 297 g/mol. The molecular formula is C17H19N3S. The highest BCUT2D eigenvalue weighted by atomic mass is 32.1. The van der Waals surface area contributed by atoms with Gasteiger partial charge in [0.25, 0.3) is 0 Å². The van der Waals surface area contributed by atoms with Crippen LogP contribution in [0.15, 0.2) is 42.0 Å². The third-order valence-electron chi connectivity index (χ3n) is 4.58. The SMILES string of the molecule is NC(Cc1cn2ccsc2n1)C1CCc2ccccc2C1. The van der Waals surface area contributed by atoms with Crippen LogP contribution in [0.5, 0.6) is 0 Å². The van der Waals surface area contributed by atoms with E-state index < -0.39 is 0 Å². The standard InChI is InChI=1S/C17H19N3S/c18-16(10-15-11-20-7-8-21-17(20)19-15)14-6-5-12-3-1-2-4-13(12)9-14/h1-4,7-8,11,14,16H,5-6,9-10,18H2. The molecule has 1 aliphatic carbocycles. The predicted octanol–water partition coefficient (Wildman–Crippen LogP) is 3.07. The normalized spacial score (nSPS) is 19.6. The zero-order chi connectivity index (χ0) is 14.2. The molecule has 2 unspecified atom stereocenters. The Kier molecular flexibility index (Phi) is 3.28. The Hall–Kier alpha value is -1.65. The second kappa shape index (κ2) is 5.28. The van der Waals surface area contributed by atoms with Gasteiger partial charge in [0.2, 0.25) is 0 Å². The largest absolute Gasteiger partial charge is 0.327 e. The Balaban J connectivity index is 1.48. The first-order valence-corrected chi connectivity index (χ1v) is 8.41. The Morgan fingerprint density at radius 1 is 1.33 bits per heavy atom. The summed E-state index contributed by atoms with van der Waals surface area (Å²) in [6.45, 7) is 0. The number of fused-ring (bicyclic) bond motifs is 2. The summed E-state index contributed by atoms with van der Waals surface area (Å²) >= 11 is 1.67. The summed E-state index contributed by atoms with van der Waals surface area (Å²) in [5, 5.41) is 2.06. The first kappa shape index (κ1) is 13.0. The number of hydrogen-bond donors (Lipinski definition) is 1. The Morgan fingerprint density at radius 3 is 3.05 bits per heavy atom. The fraction of sp³-hybridized carbons (Fsp3) is 0.353. The number of benzene rings is 1. The monoisotopic (exact) mass is 297 g/mol. The summed E-state index contributed by atoms with van der Waals surface area (Å²) in [6, 6.07) is 8.97. The summed E-state index contributed by atoms with van der Waals surface area (Å²) in [4.78, 5) is 5.71. The fourth-order valence-electron chi connectivity index (χ4n) is 3.37. The lowest BCUT2D eigenvalue weighted by molar-refractivity contribution is 0.371. The molecule has 0 aliphatic heterocycles. The minimum absolute atomic E-state index is 0.197. The van der Waals surface area contributed by atoms with E-state index in [0.29, 0.717) is 5.92 Å². The molecule has 3 aromatic rings. The van der Waals surface area contributed by atoms with Crippen molar-refractivity contribution >= 4 is 16.3 Å². The Labute approximate surface area is 128 Å². The van der Waals surface area contributed by atoms with Gasteiger partial charge < -0.3 is 5.73 Å². The minimum atomic E-state index is 0.197. The quantitative estimate of drug-likeness (QED) is 0.807. The minimum Gasteiger partial charge on any atom is -0.327 e. The predicted molar refractivity (Wildman–Crippen MR) is 86.7 cm³/mol. The van der Waals surface area contributed by atoms with Crippen LogP contribution in [0.25, 0.3) is 4.96 Å². The summed E-state index contributed by atoms with van der Waals surface area (Å²) in [5.74, 6) is 0.569. The molecule has 4 rings (SSSR count). The van der Waals surface area contributed by atoms with Crippen LogP contribution < -0.4 is 5.73 Å². The van der Waals surface area contributed by atoms with Crippen LogP contribution in [0.1, 0.15) is 23.2 Å². The molecule has 2 N–H and O–H groups in total. The van der Waals surface area contributed by atoms with Crippen molar-refractivity contribution in [2.24, 2.45) is 11.7 Å². The van der Waals surface area contributed by atoms with E-state index in [1.165, 1.54) is 17.5 Å². The van der Waals surface area contributed by atoms with Crippen LogP contribution in [0.4, 0.5) is 0 Å². The number of hydrogen-bond acceptors (Lipinski definition) is 3. The number of nitrogens with two attached hydrogens (primary N) is 1. The third kappa shape index (κ3) is 2.49. The van der Waals surface area contributed by atoms with Crippen LogP contribution in [-0.2, 0) is 19.3 Å². The topological polar surface area (TPSA) is 43.3 Å². The summed E-state index contributed by atoms with van der Waals surface area (Å²) in [6.07, 6.45) is 8.51. The van der Waals surface area contributed by atoms with E-state index in [1.807, 2.05) is 0 Å². The van der Waals surface area contributed by atoms with Gasteiger partial charge in [-0.25, -0.2) is 4.98 Å². The number of thiazole rings is 1. The van der Waals surface area contributed by atoms with E-state index in [4.69, 9.17) is 5.73 Å². The highest BCUT2D eigenvalue weighted by molar-refractivity contribution is 7.15. The Morgan fingerprint density at radius 2 is 2.19 bits per heavy atom. The number of nitrogens with zero attached hydrogens (tertiary/aromatic N) is 2. The lowest BCUT2D eigenvalue weighted by atomic mass is 9.79. The van der Waals surface area contributed by atoms with Crippen molar-refractivity contribution in [2.75, 3.05) is 0 Å². The van der Waals surface area contributed by atoms with E-state index in [0.717, 1.165) is 29.9 Å².